The molecule has 0 bridgehead atoms. The molecular formula is C17H31N5O. The third kappa shape index (κ3) is 4.78. The van der Waals surface area contributed by atoms with Gasteiger partial charge in [-0.25, -0.2) is 4.68 Å². The number of anilines is 1. The number of likely N-dealkylation sites (N-methyl/N-ethyl adjacent to an activating group) is 1. The van der Waals surface area contributed by atoms with E-state index in [2.05, 4.69) is 55.1 Å². The first kappa shape index (κ1) is 17.9. The van der Waals surface area contributed by atoms with E-state index < -0.39 is 0 Å². The number of aromatic nitrogens is 2. The fourth-order valence-corrected chi connectivity index (χ4v) is 3.08. The Hall–Kier alpha value is -1.40. The number of amides is 1. The maximum atomic E-state index is 12.4. The molecule has 1 aliphatic heterocycles. The van der Waals surface area contributed by atoms with Gasteiger partial charge < -0.3 is 10.2 Å². The minimum Gasteiger partial charge on any atom is -0.310 e. The number of hydrogen-bond acceptors (Lipinski definition) is 4. The third-order valence-electron chi connectivity index (χ3n) is 4.31. The van der Waals surface area contributed by atoms with E-state index >= 15 is 0 Å². The molecule has 1 saturated heterocycles. The van der Waals surface area contributed by atoms with Gasteiger partial charge in [-0.2, -0.15) is 5.10 Å². The molecule has 1 aromatic rings. The summed E-state index contributed by atoms with van der Waals surface area (Å²) in [7, 11) is 4.22. The second-order valence-electron chi connectivity index (χ2n) is 7.80. The van der Waals surface area contributed by atoms with Crippen molar-refractivity contribution < 1.29 is 4.79 Å². The molecular weight excluding hydrogens is 290 g/mol. The van der Waals surface area contributed by atoms with Gasteiger partial charge in [0.15, 0.2) is 0 Å². The highest BCUT2D eigenvalue weighted by atomic mass is 16.2. The number of rotatable bonds is 4. The van der Waals surface area contributed by atoms with Gasteiger partial charge in [0.1, 0.15) is 5.82 Å². The van der Waals surface area contributed by atoms with Crippen molar-refractivity contribution in [3.8, 4) is 0 Å². The predicted molar refractivity (Wildman–Crippen MR) is 93.7 cm³/mol. The molecule has 6 heteroatoms. The second-order valence-corrected chi connectivity index (χ2v) is 7.80. The highest BCUT2D eigenvalue weighted by molar-refractivity contribution is 5.91. The Balaban J connectivity index is 1.98. The quantitative estimate of drug-likeness (QED) is 0.920. The molecule has 0 unspecified atom stereocenters. The van der Waals surface area contributed by atoms with E-state index in [1.54, 1.807) is 0 Å². The van der Waals surface area contributed by atoms with E-state index in [1.807, 2.05) is 17.7 Å². The Morgan fingerprint density at radius 1 is 1.43 bits per heavy atom. The van der Waals surface area contributed by atoms with Gasteiger partial charge in [-0.3, -0.25) is 9.69 Å². The van der Waals surface area contributed by atoms with Crippen molar-refractivity contribution in [2.24, 2.45) is 0 Å². The molecule has 1 fully saturated rings. The average molecular weight is 321 g/mol. The molecule has 1 aromatic heterocycles. The van der Waals surface area contributed by atoms with Crippen molar-refractivity contribution in [1.29, 1.82) is 0 Å². The Kier molecular flexibility index (Phi) is 5.47. The summed E-state index contributed by atoms with van der Waals surface area (Å²) in [5, 5.41) is 7.53. The molecule has 0 radical (unpaired) electrons. The first-order chi connectivity index (χ1) is 10.7. The van der Waals surface area contributed by atoms with Crippen LogP contribution in [0.4, 0.5) is 5.82 Å². The Bertz CT molecular complexity index is 544. The zero-order valence-corrected chi connectivity index (χ0v) is 15.4. The number of aryl methyl sites for hydroxylation is 1. The minimum absolute atomic E-state index is 0.0369. The van der Waals surface area contributed by atoms with Crippen LogP contribution in [0.3, 0.4) is 0 Å². The summed E-state index contributed by atoms with van der Waals surface area (Å²) in [6.45, 7) is 10.6. The van der Waals surface area contributed by atoms with Crippen molar-refractivity contribution >= 4 is 11.7 Å². The predicted octanol–water partition coefficient (Wildman–Crippen LogP) is 1.91. The molecule has 2 heterocycles. The zero-order chi connectivity index (χ0) is 17.2. The van der Waals surface area contributed by atoms with Crippen LogP contribution in [0.2, 0.25) is 0 Å². The van der Waals surface area contributed by atoms with E-state index in [9.17, 15) is 4.79 Å². The molecule has 1 atom stereocenters. The lowest BCUT2D eigenvalue weighted by Gasteiger charge is -2.35. The SMILES string of the molecule is Cc1cc(NC(=O)CN2CCC[C@@H](N(C)C)C2)n(C(C)(C)C)n1. The summed E-state index contributed by atoms with van der Waals surface area (Å²) in [5.74, 6) is 0.816. The maximum absolute atomic E-state index is 12.4. The van der Waals surface area contributed by atoms with Gasteiger partial charge in [-0.1, -0.05) is 0 Å². The van der Waals surface area contributed by atoms with Crippen LogP contribution >= 0.6 is 0 Å². The van der Waals surface area contributed by atoms with Crippen LogP contribution in [-0.2, 0) is 10.3 Å². The number of likely N-dealkylation sites (tertiary alicyclic amines) is 1. The first-order valence-corrected chi connectivity index (χ1v) is 8.42. The molecule has 1 aliphatic rings. The molecule has 0 spiro atoms. The maximum Gasteiger partial charge on any atom is 0.239 e. The van der Waals surface area contributed by atoms with Crippen molar-refractivity contribution in [1.82, 2.24) is 19.6 Å². The lowest BCUT2D eigenvalue weighted by molar-refractivity contribution is -0.117. The van der Waals surface area contributed by atoms with Gasteiger partial charge in [0.25, 0.3) is 0 Å². The molecule has 1 N–H and O–H groups in total. The van der Waals surface area contributed by atoms with Gasteiger partial charge in [0.2, 0.25) is 5.91 Å². The number of carbonyl (C=O) groups is 1. The van der Waals surface area contributed by atoms with Crippen LogP contribution in [0.5, 0.6) is 0 Å². The standard InChI is InChI=1S/C17H31N5O/c1-13-10-15(22(19-13)17(2,3)4)18-16(23)12-21-9-7-8-14(11-21)20(5)6/h10,14H,7-9,11-12H2,1-6H3,(H,18,23)/t14-/m1/s1. The number of hydrogen-bond donors (Lipinski definition) is 1. The minimum atomic E-state index is -0.155. The van der Waals surface area contributed by atoms with Crippen molar-refractivity contribution in [3.05, 3.63) is 11.8 Å². The van der Waals surface area contributed by atoms with Crippen LogP contribution in [0.1, 0.15) is 39.3 Å². The normalized spacial score (nSPS) is 20.0. The van der Waals surface area contributed by atoms with Gasteiger partial charge in [-0.05, 0) is 61.2 Å². The molecule has 1 amide bonds. The van der Waals surface area contributed by atoms with E-state index in [0.717, 1.165) is 31.0 Å². The van der Waals surface area contributed by atoms with E-state index in [4.69, 9.17) is 0 Å². The number of piperidine rings is 1. The van der Waals surface area contributed by atoms with Gasteiger partial charge in [0, 0.05) is 18.7 Å². The summed E-state index contributed by atoms with van der Waals surface area (Å²) in [4.78, 5) is 16.9. The zero-order valence-electron chi connectivity index (χ0n) is 15.4. The van der Waals surface area contributed by atoms with E-state index in [1.165, 1.54) is 6.42 Å². The Labute approximate surface area is 139 Å². The molecule has 0 aromatic carbocycles. The average Bonchev–Trinajstić information content (AvgIpc) is 2.79. The van der Waals surface area contributed by atoms with Crippen molar-refractivity contribution in [2.75, 3.05) is 39.0 Å². The largest absolute Gasteiger partial charge is 0.310 e. The fraction of sp³-hybridized carbons (Fsp3) is 0.765. The van der Waals surface area contributed by atoms with E-state index in [-0.39, 0.29) is 11.4 Å². The molecule has 23 heavy (non-hydrogen) atoms. The van der Waals surface area contributed by atoms with E-state index in [0.29, 0.717) is 12.6 Å². The number of nitrogens with zero attached hydrogens (tertiary/aromatic N) is 4. The molecule has 0 saturated carbocycles. The molecule has 0 aliphatic carbocycles. The van der Waals surface area contributed by atoms with Crippen LogP contribution < -0.4 is 5.32 Å². The molecule has 6 nitrogen and oxygen atoms in total. The monoisotopic (exact) mass is 321 g/mol. The summed E-state index contributed by atoms with van der Waals surface area (Å²) in [6, 6.07) is 2.47. The van der Waals surface area contributed by atoms with Crippen molar-refractivity contribution in [2.45, 2.75) is 52.1 Å². The highest BCUT2D eigenvalue weighted by Gasteiger charge is 2.24. The Morgan fingerprint density at radius 2 is 2.13 bits per heavy atom. The Morgan fingerprint density at radius 3 is 2.74 bits per heavy atom. The number of nitrogens with one attached hydrogen (secondary N) is 1. The number of carbonyl (C=O) groups excluding carboxylic acids is 1. The van der Waals surface area contributed by atoms with Crippen LogP contribution in [0.15, 0.2) is 6.07 Å². The van der Waals surface area contributed by atoms with Crippen LogP contribution in [0.25, 0.3) is 0 Å². The highest BCUT2D eigenvalue weighted by Crippen LogP contribution is 2.21. The third-order valence-corrected chi connectivity index (χ3v) is 4.31. The lowest BCUT2D eigenvalue weighted by atomic mass is 10.1. The first-order valence-electron chi connectivity index (χ1n) is 8.42. The topological polar surface area (TPSA) is 53.4 Å². The summed E-state index contributed by atoms with van der Waals surface area (Å²) < 4.78 is 1.89. The second kappa shape index (κ2) is 7.01. The molecule has 130 valence electrons. The smallest absolute Gasteiger partial charge is 0.239 e. The van der Waals surface area contributed by atoms with Gasteiger partial charge >= 0.3 is 0 Å². The summed E-state index contributed by atoms with van der Waals surface area (Å²) in [6.07, 6.45) is 2.36. The van der Waals surface area contributed by atoms with Crippen LogP contribution in [0, 0.1) is 6.92 Å². The fourth-order valence-electron chi connectivity index (χ4n) is 3.08. The van der Waals surface area contributed by atoms with Gasteiger partial charge in [-0.15, -0.1) is 0 Å². The van der Waals surface area contributed by atoms with Gasteiger partial charge in [0.05, 0.1) is 17.8 Å². The summed E-state index contributed by atoms with van der Waals surface area (Å²) >= 11 is 0. The van der Waals surface area contributed by atoms with Crippen molar-refractivity contribution in [3.63, 3.8) is 0 Å². The summed E-state index contributed by atoms with van der Waals surface area (Å²) in [5.41, 5.74) is 0.763. The van der Waals surface area contributed by atoms with Crippen LogP contribution in [-0.4, -0.2) is 65.3 Å². The lowest BCUT2D eigenvalue weighted by Crippen LogP contribution is -2.47. The molecule has 2 rings (SSSR count).